The van der Waals surface area contributed by atoms with Crippen LogP contribution in [0.15, 0.2) is 24.3 Å². The van der Waals surface area contributed by atoms with Gasteiger partial charge in [-0.05, 0) is 76.8 Å². The highest BCUT2D eigenvalue weighted by molar-refractivity contribution is 5.86. The van der Waals surface area contributed by atoms with E-state index in [9.17, 15) is 9.59 Å². The molecule has 180 valence electrons. The Hall–Kier alpha value is -2.50. The summed E-state index contributed by atoms with van der Waals surface area (Å²) < 4.78 is 5.39. The van der Waals surface area contributed by atoms with Crippen molar-refractivity contribution in [3.8, 4) is 0 Å². The van der Waals surface area contributed by atoms with E-state index < -0.39 is 5.60 Å². The van der Waals surface area contributed by atoms with Gasteiger partial charge in [0.25, 0.3) is 0 Å². The van der Waals surface area contributed by atoms with E-state index in [4.69, 9.17) is 4.74 Å². The van der Waals surface area contributed by atoms with Gasteiger partial charge in [0, 0.05) is 35.1 Å². The number of nitrogens with one attached hydrogen (secondary N) is 2. The van der Waals surface area contributed by atoms with Crippen LogP contribution in [0.2, 0.25) is 0 Å². The van der Waals surface area contributed by atoms with E-state index in [-0.39, 0.29) is 30.0 Å². The first kappa shape index (κ1) is 23.7. The molecule has 2 heterocycles. The number of hydrogen-bond donors (Lipinski definition) is 2. The molecular formula is C27H39N3O3. The van der Waals surface area contributed by atoms with E-state index in [1.807, 2.05) is 20.8 Å². The molecule has 6 nitrogen and oxygen atoms in total. The highest BCUT2D eigenvalue weighted by Gasteiger charge is 2.38. The Labute approximate surface area is 197 Å². The van der Waals surface area contributed by atoms with Crippen LogP contribution in [0.4, 0.5) is 4.79 Å². The van der Waals surface area contributed by atoms with Gasteiger partial charge in [0.05, 0.1) is 6.04 Å². The molecular weight excluding hydrogens is 414 g/mol. The number of carbonyl (C=O) groups is 2. The molecule has 6 heteroatoms. The standard InChI is InChI=1S/C27H39N3O3/c1-17(2)16-23-24-21(20-8-6-7-9-22(20)29-24)14-15-30(23)25(31)18-10-12-19(13-11-18)28-26(32)33-27(3,4)5/h6-9,17-19,23,29H,10-16H2,1-5H3,(H,28,32). The second-order valence-corrected chi connectivity index (χ2v) is 11.2. The largest absolute Gasteiger partial charge is 0.444 e. The molecule has 1 aliphatic carbocycles. The van der Waals surface area contributed by atoms with Crippen molar-refractivity contribution in [1.29, 1.82) is 0 Å². The van der Waals surface area contributed by atoms with E-state index in [1.54, 1.807) is 0 Å². The van der Waals surface area contributed by atoms with Crippen LogP contribution in [-0.4, -0.2) is 40.1 Å². The highest BCUT2D eigenvalue weighted by Crippen LogP contribution is 2.39. The molecule has 33 heavy (non-hydrogen) atoms. The second-order valence-electron chi connectivity index (χ2n) is 11.2. The third kappa shape index (κ3) is 5.36. The smallest absolute Gasteiger partial charge is 0.407 e. The van der Waals surface area contributed by atoms with E-state index >= 15 is 0 Å². The Morgan fingerprint density at radius 3 is 2.52 bits per heavy atom. The predicted molar refractivity (Wildman–Crippen MR) is 131 cm³/mol. The van der Waals surface area contributed by atoms with Crippen molar-refractivity contribution in [2.75, 3.05) is 6.54 Å². The molecule has 0 bridgehead atoms. The molecule has 2 aromatic rings. The molecule has 1 aliphatic heterocycles. The number of hydrogen-bond acceptors (Lipinski definition) is 3. The van der Waals surface area contributed by atoms with Crippen molar-refractivity contribution in [1.82, 2.24) is 15.2 Å². The first-order valence-electron chi connectivity index (χ1n) is 12.5. The number of nitrogens with zero attached hydrogens (tertiary/aromatic N) is 1. The van der Waals surface area contributed by atoms with E-state index in [1.165, 1.54) is 22.2 Å². The summed E-state index contributed by atoms with van der Waals surface area (Å²) in [5.74, 6) is 0.805. The van der Waals surface area contributed by atoms with Gasteiger partial charge in [0.2, 0.25) is 5.91 Å². The molecule has 2 N–H and O–H groups in total. The SMILES string of the molecule is CC(C)CC1c2[nH]c3ccccc3c2CCN1C(=O)C1CCC(NC(=O)OC(C)(C)C)CC1. The molecule has 2 amide bonds. The van der Waals surface area contributed by atoms with Gasteiger partial charge in [-0.3, -0.25) is 4.79 Å². The average Bonchev–Trinajstić information content (AvgIpc) is 3.12. The Kier molecular flexibility index (Phi) is 6.73. The number of benzene rings is 1. The van der Waals surface area contributed by atoms with Crippen molar-refractivity contribution < 1.29 is 14.3 Å². The maximum Gasteiger partial charge on any atom is 0.407 e. The van der Waals surface area contributed by atoms with Gasteiger partial charge >= 0.3 is 6.09 Å². The summed E-state index contributed by atoms with van der Waals surface area (Å²) in [7, 11) is 0. The number of aromatic nitrogens is 1. The molecule has 4 rings (SSSR count). The lowest BCUT2D eigenvalue weighted by Crippen LogP contribution is -2.46. The summed E-state index contributed by atoms with van der Waals surface area (Å²) in [5, 5.41) is 4.28. The number of ether oxygens (including phenoxy) is 1. The predicted octanol–water partition coefficient (Wildman–Crippen LogP) is 5.72. The molecule has 0 radical (unpaired) electrons. The van der Waals surface area contributed by atoms with Gasteiger partial charge in [0.15, 0.2) is 0 Å². The molecule has 2 aliphatic rings. The lowest BCUT2D eigenvalue weighted by Gasteiger charge is -2.40. The zero-order chi connectivity index (χ0) is 23.8. The number of alkyl carbamates (subject to hydrolysis) is 1. The van der Waals surface area contributed by atoms with Crippen LogP contribution in [0.25, 0.3) is 10.9 Å². The molecule has 1 aromatic carbocycles. The lowest BCUT2D eigenvalue weighted by molar-refractivity contribution is -0.140. The first-order valence-corrected chi connectivity index (χ1v) is 12.5. The number of carbonyl (C=O) groups excluding carboxylic acids is 2. The lowest BCUT2D eigenvalue weighted by atomic mass is 9.83. The molecule has 1 aromatic heterocycles. The van der Waals surface area contributed by atoms with Crippen molar-refractivity contribution in [3.63, 3.8) is 0 Å². The van der Waals surface area contributed by atoms with Crippen molar-refractivity contribution in [2.45, 2.75) is 90.8 Å². The van der Waals surface area contributed by atoms with Gasteiger partial charge in [-0.15, -0.1) is 0 Å². The van der Waals surface area contributed by atoms with Gasteiger partial charge in [-0.2, -0.15) is 0 Å². The van der Waals surface area contributed by atoms with Crippen LogP contribution in [0.1, 0.15) is 84.0 Å². The van der Waals surface area contributed by atoms with E-state index in [0.717, 1.165) is 45.1 Å². The van der Waals surface area contributed by atoms with E-state index in [2.05, 4.69) is 53.3 Å². The molecule has 0 saturated heterocycles. The highest BCUT2D eigenvalue weighted by atomic mass is 16.6. The van der Waals surface area contributed by atoms with Crippen molar-refractivity contribution in [2.24, 2.45) is 11.8 Å². The van der Waals surface area contributed by atoms with Crippen LogP contribution < -0.4 is 5.32 Å². The molecule has 1 atom stereocenters. The monoisotopic (exact) mass is 453 g/mol. The fourth-order valence-electron chi connectivity index (χ4n) is 5.47. The minimum Gasteiger partial charge on any atom is -0.444 e. The zero-order valence-electron chi connectivity index (χ0n) is 20.7. The third-order valence-corrected chi connectivity index (χ3v) is 6.93. The summed E-state index contributed by atoms with van der Waals surface area (Å²) in [4.78, 5) is 31.6. The number of H-pyrrole nitrogens is 1. The Balaban J connectivity index is 1.44. The van der Waals surface area contributed by atoms with E-state index in [0.29, 0.717) is 5.92 Å². The maximum atomic E-state index is 13.7. The Bertz CT molecular complexity index is 996. The molecule has 1 unspecified atom stereocenters. The topological polar surface area (TPSA) is 74.4 Å². The third-order valence-electron chi connectivity index (χ3n) is 6.93. The van der Waals surface area contributed by atoms with Crippen LogP contribution >= 0.6 is 0 Å². The summed E-state index contributed by atoms with van der Waals surface area (Å²) in [6.45, 7) is 10.8. The van der Waals surface area contributed by atoms with Gasteiger partial charge in [-0.25, -0.2) is 4.79 Å². The average molecular weight is 454 g/mol. The summed E-state index contributed by atoms with van der Waals surface area (Å²) in [6, 6.07) is 8.66. The zero-order valence-corrected chi connectivity index (χ0v) is 20.7. The summed E-state index contributed by atoms with van der Waals surface area (Å²) >= 11 is 0. The molecule has 1 fully saturated rings. The van der Waals surface area contributed by atoms with Gasteiger partial charge in [-0.1, -0.05) is 32.0 Å². The van der Waals surface area contributed by atoms with Gasteiger partial charge in [0.1, 0.15) is 5.60 Å². The number of fused-ring (bicyclic) bond motifs is 3. The molecule has 0 spiro atoms. The fourth-order valence-corrected chi connectivity index (χ4v) is 5.47. The first-order chi connectivity index (χ1) is 15.6. The van der Waals surface area contributed by atoms with Crippen molar-refractivity contribution >= 4 is 22.9 Å². The van der Waals surface area contributed by atoms with Crippen LogP contribution in [0.5, 0.6) is 0 Å². The second kappa shape index (κ2) is 9.40. The van der Waals surface area contributed by atoms with Crippen LogP contribution in [0, 0.1) is 11.8 Å². The number of para-hydroxylation sites is 1. The summed E-state index contributed by atoms with van der Waals surface area (Å²) in [5.41, 5.74) is 3.27. The quantitative estimate of drug-likeness (QED) is 0.621. The minimum atomic E-state index is -0.502. The van der Waals surface area contributed by atoms with Crippen molar-refractivity contribution in [3.05, 3.63) is 35.5 Å². The number of rotatable bonds is 4. The van der Waals surface area contributed by atoms with Crippen LogP contribution in [-0.2, 0) is 16.0 Å². The Morgan fingerprint density at radius 1 is 1.15 bits per heavy atom. The number of aromatic amines is 1. The van der Waals surface area contributed by atoms with Crippen LogP contribution in [0.3, 0.4) is 0 Å². The van der Waals surface area contributed by atoms with Gasteiger partial charge < -0.3 is 19.9 Å². The fraction of sp³-hybridized carbons (Fsp3) is 0.630. The normalized spacial score (nSPS) is 23.5. The summed E-state index contributed by atoms with van der Waals surface area (Å²) in [6.07, 6.45) is 4.74. The Morgan fingerprint density at radius 2 is 1.85 bits per heavy atom. The molecule has 1 saturated carbocycles. The number of amides is 2. The minimum absolute atomic E-state index is 0.0299. The maximum absolute atomic E-state index is 13.7.